The van der Waals surface area contributed by atoms with E-state index >= 15 is 0 Å². The Hall–Kier alpha value is -1.47. The summed E-state index contributed by atoms with van der Waals surface area (Å²) in [6.45, 7) is 5.30. The minimum Gasteiger partial charge on any atom is -0.464 e. The third-order valence-corrected chi connectivity index (χ3v) is 4.79. The minimum atomic E-state index is -0.115. The number of esters is 1. The molecule has 7 heteroatoms. The summed E-state index contributed by atoms with van der Waals surface area (Å²) in [5.41, 5.74) is 0. The monoisotopic (exact) mass is 295 g/mol. The van der Waals surface area contributed by atoms with Gasteiger partial charge in [0.05, 0.1) is 12.0 Å². The molecule has 0 N–H and O–H groups in total. The first-order chi connectivity index (χ1) is 9.66. The van der Waals surface area contributed by atoms with E-state index in [1.807, 2.05) is 17.2 Å². The zero-order chi connectivity index (χ0) is 14.1. The van der Waals surface area contributed by atoms with Crippen LogP contribution in [-0.4, -0.2) is 65.5 Å². The summed E-state index contributed by atoms with van der Waals surface area (Å²) in [5, 5.41) is 2.36. The predicted molar refractivity (Wildman–Crippen MR) is 73.5 cm³/mol. The predicted octanol–water partition coefficient (Wildman–Crippen LogP) is 0.462. The zero-order valence-corrected chi connectivity index (χ0v) is 12.1. The molecule has 1 aromatic rings. The first-order valence-electron chi connectivity index (χ1n) is 6.76. The van der Waals surface area contributed by atoms with Crippen LogP contribution >= 0.6 is 11.3 Å². The van der Waals surface area contributed by atoms with Crippen LogP contribution in [0.1, 0.15) is 16.7 Å². The van der Waals surface area contributed by atoms with Gasteiger partial charge in [-0.15, -0.1) is 11.3 Å². The summed E-state index contributed by atoms with van der Waals surface area (Å²) in [6.07, 6.45) is 1.65. The number of carbonyl (C=O) groups is 2. The minimum absolute atomic E-state index is 0.00597. The fraction of sp³-hybridized carbons (Fsp3) is 0.615. The zero-order valence-electron chi connectivity index (χ0n) is 11.3. The van der Waals surface area contributed by atoms with Gasteiger partial charge in [-0.2, -0.15) is 0 Å². The highest BCUT2D eigenvalue weighted by Crippen LogP contribution is 2.22. The topological polar surface area (TPSA) is 62.7 Å². The van der Waals surface area contributed by atoms with E-state index in [4.69, 9.17) is 4.74 Å². The van der Waals surface area contributed by atoms with E-state index in [9.17, 15) is 9.59 Å². The largest absolute Gasteiger partial charge is 0.464 e. The first kappa shape index (κ1) is 13.5. The van der Waals surface area contributed by atoms with Crippen molar-refractivity contribution in [3.05, 3.63) is 16.6 Å². The Balaban J connectivity index is 1.57. The number of ether oxygens (including phenoxy) is 1. The summed E-state index contributed by atoms with van der Waals surface area (Å²) in [7, 11) is 0. The van der Waals surface area contributed by atoms with Crippen molar-refractivity contribution in [2.75, 3.05) is 32.8 Å². The lowest BCUT2D eigenvalue weighted by Gasteiger charge is -2.37. The van der Waals surface area contributed by atoms with Gasteiger partial charge in [0.25, 0.3) is 5.91 Å². The van der Waals surface area contributed by atoms with E-state index in [0.717, 1.165) is 13.1 Å². The van der Waals surface area contributed by atoms with Crippen molar-refractivity contribution in [1.82, 2.24) is 14.8 Å². The fourth-order valence-corrected chi connectivity index (χ4v) is 3.35. The van der Waals surface area contributed by atoms with E-state index in [0.29, 0.717) is 24.7 Å². The van der Waals surface area contributed by atoms with Crippen molar-refractivity contribution in [1.29, 1.82) is 0 Å². The van der Waals surface area contributed by atoms with Crippen molar-refractivity contribution in [2.45, 2.75) is 13.0 Å². The van der Waals surface area contributed by atoms with Gasteiger partial charge >= 0.3 is 5.97 Å². The van der Waals surface area contributed by atoms with Crippen LogP contribution in [0.5, 0.6) is 0 Å². The molecule has 1 aromatic heterocycles. The summed E-state index contributed by atoms with van der Waals surface area (Å²) < 4.78 is 5.09. The van der Waals surface area contributed by atoms with Gasteiger partial charge in [-0.3, -0.25) is 14.5 Å². The Bertz CT molecular complexity index is 497. The number of aromatic nitrogens is 1. The third kappa shape index (κ3) is 2.43. The number of thiazole rings is 1. The highest BCUT2D eigenvalue weighted by Gasteiger charge is 2.38. The van der Waals surface area contributed by atoms with Crippen LogP contribution in [0.3, 0.4) is 0 Å². The molecule has 2 aliphatic rings. The Morgan fingerprint density at radius 2 is 2.15 bits per heavy atom. The smallest absolute Gasteiger partial charge is 0.310 e. The van der Waals surface area contributed by atoms with Gasteiger partial charge in [-0.25, -0.2) is 4.98 Å². The Morgan fingerprint density at radius 1 is 1.40 bits per heavy atom. The summed E-state index contributed by atoms with van der Waals surface area (Å²) >= 11 is 1.37. The summed E-state index contributed by atoms with van der Waals surface area (Å²) in [4.78, 5) is 31.8. The molecule has 20 heavy (non-hydrogen) atoms. The van der Waals surface area contributed by atoms with Gasteiger partial charge in [0, 0.05) is 37.8 Å². The third-order valence-electron chi connectivity index (χ3n) is 4.03. The molecule has 108 valence electrons. The number of carbonyl (C=O) groups excluding carboxylic acids is 2. The molecule has 6 nitrogen and oxygen atoms in total. The lowest BCUT2D eigenvalue weighted by Crippen LogP contribution is -2.53. The maximum atomic E-state index is 12.2. The van der Waals surface area contributed by atoms with Crippen molar-refractivity contribution in [3.63, 3.8) is 0 Å². The molecule has 2 atom stereocenters. The van der Waals surface area contributed by atoms with E-state index in [1.54, 1.807) is 6.20 Å². The SMILES string of the molecule is C[C@@H]1C(=O)OC[C@@H]1N1CCN(C(=O)c2nccs2)CC1. The maximum Gasteiger partial charge on any atom is 0.310 e. The number of amides is 1. The Labute approximate surface area is 121 Å². The van der Waals surface area contributed by atoms with Crippen LogP contribution in [-0.2, 0) is 9.53 Å². The van der Waals surface area contributed by atoms with E-state index in [2.05, 4.69) is 9.88 Å². The molecule has 0 radical (unpaired) electrons. The maximum absolute atomic E-state index is 12.2. The molecule has 2 fully saturated rings. The molecule has 3 rings (SSSR count). The van der Waals surface area contributed by atoms with E-state index < -0.39 is 0 Å². The molecular formula is C13H17N3O3S. The van der Waals surface area contributed by atoms with Crippen molar-refractivity contribution in [2.24, 2.45) is 5.92 Å². The molecular weight excluding hydrogens is 278 g/mol. The van der Waals surface area contributed by atoms with Crippen molar-refractivity contribution < 1.29 is 14.3 Å². The van der Waals surface area contributed by atoms with Crippen LogP contribution < -0.4 is 0 Å². The number of nitrogens with zero attached hydrogens (tertiary/aromatic N) is 3. The lowest BCUT2D eigenvalue weighted by molar-refractivity contribution is -0.140. The fourth-order valence-electron chi connectivity index (χ4n) is 2.74. The van der Waals surface area contributed by atoms with Crippen LogP contribution in [0.2, 0.25) is 0 Å². The Morgan fingerprint density at radius 3 is 2.70 bits per heavy atom. The quantitative estimate of drug-likeness (QED) is 0.742. The molecule has 0 bridgehead atoms. The summed E-state index contributed by atoms with van der Waals surface area (Å²) in [6, 6.07) is 0.152. The lowest BCUT2D eigenvalue weighted by atomic mass is 10.0. The highest BCUT2D eigenvalue weighted by atomic mass is 32.1. The average Bonchev–Trinajstić information content (AvgIpc) is 3.10. The molecule has 0 aliphatic carbocycles. The normalized spacial score (nSPS) is 27.6. The second kappa shape index (κ2) is 5.49. The van der Waals surface area contributed by atoms with Gasteiger partial charge in [-0.05, 0) is 0 Å². The second-order valence-corrected chi connectivity index (χ2v) is 6.05. The number of rotatable bonds is 2. The highest BCUT2D eigenvalue weighted by molar-refractivity contribution is 7.11. The van der Waals surface area contributed by atoms with Crippen LogP contribution in [0.25, 0.3) is 0 Å². The molecule has 3 heterocycles. The number of hydrogen-bond acceptors (Lipinski definition) is 6. The van der Waals surface area contributed by atoms with E-state index in [1.165, 1.54) is 11.3 Å². The van der Waals surface area contributed by atoms with Gasteiger partial charge in [-0.1, -0.05) is 6.92 Å². The molecule has 0 aromatic carbocycles. The van der Waals surface area contributed by atoms with Gasteiger partial charge in [0.2, 0.25) is 0 Å². The van der Waals surface area contributed by atoms with Crippen molar-refractivity contribution >= 4 is 23.2 Å². The number of cyclic esters (lactones) is 1. The molecule has 0 spiro atoms. The first-order valence-corrected chi connectivity index (χ1v) is 7.64. The number of hydrogen-bond donors (Lipinski definition) is 0. The Kier molecular flexibility index (Phi) is 3.71. The molecule has 1 amide bonds. The van der Waals surface area contributed by atoms with Gasteiger partial charge in [0.15, 0.2) is 5.01 Å². The summed E-state index contributed by atoms with van der Waals surface area (Å²) in [5.74, 6) is -0.182. The molecule has 2 aliphatic heterocycles. The standard InChI is InChI=1S/C13H17N3O3S/c1-9-10(8-19-13(9)18)15-3-5-16(6-4-15)12(17)11-14-2-7-20-11/h2,7,9-10H,3-6,8H2,1H3/t9-,10-/m0/s1. The second-order valence-electron chi connectivity index (χ2n) is 5.15. The van der Waals surface area contributed by atoms with Gasteiger partial charge in [0.1, 0.15) is 6.61 Å². The van der Waals surface area contributed by atoms with Crippen LogP contribution in [0.4, 0.5) is 0 Å². The van der Waals surface area contributed by atoms with Crippen LogP contribution in [0, 0.1) is 5.92 Å². The van der Waals surface area contributed by atoms with Crippen molar-refractivity contribution in [3.8, 4) is 0 Å². The number of piperazine rings is 1. The average molecular weight is 295 g/mol. The molecule has 2 saturated heterocycles. The molecule has 0 unspecified atom stereocenters. The van der Waals surface area contributed by atoms with Gasteiger partial charge < -0.3 is 9.64 Å². The van der Waals surface area contributed by atoms with Crippen LogP contribution in [0.15, 0.2) is 11.6 Å². The molecule has 0 saturated carbocycles. The van der Waals surface area contributed by atoms with E-state index in [-0.39, 0.29) is 23.8 Å².